The van der Waals surface area contributed by atoms with E-state index in [1.54, 1.807) is 14.0 Å². The van der Waals surface area contributed by atoms with Gasteiger partial charge in [-0.3, -0.25) is 0 Å². The normalized spacial score (nSPS) is 14.9. The molecule has 1 unspecified atom stereocenters. The third kappa shape index (κ3) is 11.1. The fraction of sp³-hybridized carbons (Fsp3) is 0.556. The fourth-order valence-electron chi connectivity index (χ4n) is 0.655. The summed E-state index contributed by atoms with van der Waals surface area (Å²) in [5, 5.41) is 1.06. The van der Waals surface area contributed by atoms with Crippen molar-refractivity contribution >= 4 is 9.84 Å². The second kappa shape index (κ2) is 7.44. The predicted octanol–water partition coefficient (Wildman–Crippen LogP) is 1.04. The lowest BCUT2D eigenvalue weighted by Gasteiger charge is -2.07. The molecule has 0 aromatic carbocycles. The van der Waals surface area contributed by atoms with E-state index in [1.165, 1.54) is 18.4 Å². The molecule has 0 rings (SSSR count). The standard InChI is InChI=1S/C9H16O5S/c1-9(8-12-2)14-13-6-4-5-7-15(3,10)11/h4-7,9H,8H2,1-3H3. The number of rotatable bonds is 7. The largest absolute Gasteiger partial charge is 0.382 e. The Bertz CT molecular complexity index is 304. The summed E-state index contributed by atoms with van der Waals surface area (Å²) in [4.78, 5) is 9.48. The molecule has 0 aliphatic carbocycles. The lowest BCUT2D eigenvalue weighted by Crippen LogP contribution is -2.13. The summed E-state index contributed by atoms with van der Waals surface area (Å²) in [6.45, 7) is 2.21. The average molecular weight is 236 g/mol. The summed E-state index contributed by atoms with van der Waals surface area (Å²) in [7, 11) is -1.52. The Hall–Kier alpha value is -0.850. The maximum atomic E-state index is 10.6. The molecule has 0 aromatic rings. The number of allylic oxidation sites excluding steroid dienone is 2. The van der Waals surface area contributed by atoms with Crippen molar-refractivity contribution in [2.24, 2.45) is 0 Å². The van der Waals surface area contributed by atoms with Gasteiger partial charge in [0.2, 0.25) is 0 Å². The SMILES string of the molecule is COCC(C)OOC=CC=CS(C)(=O)=O. The number of methoxy groups -OCH3 is 1. The van der Waals surface area contributed by atoms with Crippen molar-refractivity contribution in [1.29, 1.82) is 0 Å². The van der Waals surface area contributed by atoms with Gasteiger partial charge in [0.1, 0.15) is 12.4 Å². The molecule has 0 aliphatic heterocycles. The molecule has 0 radical (unpaired) electrons. The highest BCUT2D eigenvalue weighted by Gasteiger charge is 1.99. The zero-order chi connectivity index (χ0) is 11.7. The van der Waals surface area contributed by atoms with Gasteiger partial charge >= 0.3 is 0 Å². The van der Waals surface area contributed by atoms with Gasteiger partial charge in [0.15, 0.2) is 9.84 Å². The van der Waals surface area contributed by atoms with Crippen LogP contribution in [0.25, 0.3) is 0 Å². The third-order valence-corrected chi connectivity index (χ3v) is 1.84. The molecule has 0 spiro atoms. The maximum absolute atomic E-state index is 10.6. The highest BCUT2D eigenvalue weighted by Crippen LogP contribution is 1.93. The quantitative estimate of drug-likeness (QED) is 0.286. The molecular weight excluding hydrogens is 220 g/mol. The van der Waals surface area contributed by atoms with Crippen LogP contribution in [0.2, 0.25) is 0 Å². The Balaban J connectivity index is 3.69. The van der Waals surface area contributed by atoms with Crippen LogP contribution in [-0.2, 0) is 24.3 Å². The molecule has 0 aromatic heterocycles. The van der Waals surface area contributed by atoms with Crippen LogP contribution in [0.3, 0.4) is 0 Å². The Morgan fingerprint density at radius 1 is 1.33 bits per heavy atom. The van der Waals surface area contributed by atoms with Gasteiger partial charge in [-0.1, -0.05) is 0 Å². The predicted molar refractivity (Wildman–Crippen MR) is 56.6 cm³/mol. The van der Waals surface area contributed by atoms with Crippen LogP contribution in [0.1, 0.15) is 6.92 Å². The number of sulfone groups is 1. The van der Waals surface area contributed by atoms with Gasteiger partial charge in [-0.2, -0.15) is 4.89 Å². The molecule has 0 fully saturated rings. The van der Waals surface area contributed by atoms with Crippen LogP contribution < -0.4 is 0 Å². The van der Waals surface area contributed by atoms with Crippen molar-refractivity contribution in [3.05, 3.63) is 23.8 Å². The molecule has 1 atom stereocenters. The molecule has 0 N–H and O–H groups in total. The van der Waals surface area contributed by atoms with Crippen LogP contribution in [0.15, 0.2) is 23.8 Å². The second-order valence-electron chi connectivity index (χ2n) is 2.95. The van der Waals surface area contributed by atoms with E-state index in [0.29, 0.717) is 6.61 Å². The monoisotopic (exact) mass is 236 g/mol. The first-order valence-electron chi connectivity index (χ1n) is 4.30. The summed E-state index contributed by atoms with van der Waals surface area (Å²) in [6.07, 6.45) is 4.93. The molecule has 0 saturated carbocycles. The first-order chi connectivity index (χ1) is 6.95. The third-order valence-electron chi connectivity index (χ3n) is 1.19. The van der Waals surface area contributed by atoms with Crippen LogP contribution in [0, 0.1) is 0 Å². The minimum Gasteiger partial charge on any atom is -0.382 e. The van der Waals surface area contributed by atoms with Crippen LogP contribution in [0.5, 0.6) is 0 Å². The minimum absolute atomic E-state index is 0.182. The molecule has 5 nitrogen and oxygen atoms in total. The van der Waals surface area contributed by atoms with Crippen LogP contribution in [0.4, 0.5) is 0 Å². The van der Waals surface area contributed by atoms with Gasteiger partial charge in [0.05, 0.1) is 6.61 Å². The highest BCUT2D eigenvalue weighted by atomic mass is 32.2. The van der Waals surface area contributed by atoms with E-state index in [1.807, 2.05) is 0 Å². The molecule has 0 bridgehead atoms. The second-order valence-corrected chi connectivity index (χ2v) is 4.88. The molecule has 88 valence electrons. The zero-order valence-corrected chi connectivity index (χ0v) is 9.86. The fourth-order valence-corrected chi connectivity index (χ4v) is 1.03. The Labute approximate surface area is 90.2 Å². The average Bonchev–Trinajstić information content (AvgIpc) is 2.09. The van der Waals surface area contributed by atoms with Crippen molar-refractivity contribution in [1.82, 2.24) is 0 Å². The zero-order valence-electron chi connectivity index (χ0n) is 9.04. The number of ether oxygens (including phenoxy) is 1. The number of hydrogen-bond acceptors (Lipinski definition) is 5. The lowest BCUT2D eigenvalue weighted by atomic mass is 10.4. The molecule has 0 aliphatic rings. The topological polar surface area (TPSA) is 61.8 Å². The van der Waals surface area contributed by atoms with E-state index < -0.39 is 9.84 Å². The van der Waals surface area contributed by atoms with Crippen molar-refractivity contribution in [2.75, 3.05) is 20.0 Å². The van der Waals surface area contributed by atoms with E-state index in [4.69, 9.17) is 9.62 Å². The summed E-state index contributed by atoms with van der Waals surface area (Å²) in [5.41, 5.74) is 0. The van der Waals surface area contributed by atoms with E-state index in [0.717, 1.165) is 11.7 Å². The molecule has 15 heavy (non-hydrogen) atoms. The molecule has 0 heterocycles. The van der Waals surface area contributed by atoms with Crippen molar-refractivity contribution in [2.45, 2.75) is 13.0 Å². The van der Waals surface area contributed by atoms with Crippen LogP contribution >= 0.6 is 0 Å². The Morgan fingerprint density at radius 2 is 2.00 bits per heavy atom. The lowest BCUT2D eigenvalue weighted by molar-refractivity contribution is -0.285. The Kier molecular flexibility index (Phi) is 7.02. The smallest absolute Gasteiger partial charge is 0.168 e. The summed E-state index contributed by atoms with van der Waals surface area (Å²) in [5.74, 6) is 0. The van der Waals surface area contributed by atoms with Crippen molar-refractivity contribution in [3.63, 3.8) is 0 Å². The minimum atomic E-state index is -3.08. The van der Waals surface area contributed by atoms with Crippen molar-refractivity contribution < 1.29 is 22.9 Å². The molecular formula is C9H16O5S. The molecule has 6 heteroatoms. The summed E-state index contributed by atoms with van der Waals surface area (Å²) >= 11 is 0. The van der Waals surface area contributed by atoms with Gasteiger partial charge in [-0.15, -0.1) is 0 Å². The van der Waals surface area contributed by atoms with Gasteiger partial charge in [-0.05, 0) is 19.1 Å². The molecule has 0 amide bonds. The Morgan fingerprint density at radius 3 is 2.53 bits per heavy atom. The highest BCUT2D eigenvalue weighted by molar-refractivity contribution is 7.93. The van der Waals surface area contributed by atoms with E-state index >= 15 is 0 Å². The van der Waals surface area contributed by atoms with Crippen LogP contribution in [-0.4, -0.2) is 34.5 Å². The number of hydrogen-bond donors (Lipinski definition) is 0. The van der Waals surface area contributed by atoms with Gasteiger partial charge in [0.25, 0.3) is 0 Å². The van der Waals surface area contributed by atoms with E-state index in [9.17, 15) is 8.42 Å². The van der Waals surface area contributed by atoms with E-state index in [-0.39, 0.29) is 6.10 Å². The first-order valence-corrected chi connectivity index (χ1v) is 6.25. The first kappa shape index (κ1) is 14.2. The summed E-state index contributed by atoms with van der Waals surface area (Å²) < 4.78 is 26.1. The van der Waals surface area contributed by atoms with Gasteiger partial charge in [-0.25, -0.2) is 8.42 Å². The maximum Gasteiger partial charge on any atom is 0.168 e. The summed E-state index contributed by atoms with van der Waals surface area (Å²) in [6, 6.07) is 0. The molecule has 0 saturated heterocycles. The van der Waals surface area contributed by atoms with Gasteiger partial charge in [0, 0.05) is 18.8 Å². The van der Waals surface area contributed by atoms with E-state index in [2.05, 4.69) is 4.89 Å². The van der Waals surface area contributed by atoms with Crippen molar-refractivity contribution in [3.8, 4) is 0 Å². The van der Waals surface area contributed by atoms with Gasteiger partial charge < -0.3 is 9.62 Å².